The molecule has 2 N–H and O–H groups in total. The summed E-state index contributed by atoms with van der Waals surface area (Å²) in [5.74, 6) is -0.946. The van der Waals surface area contributed by atoms with Gasteiger partial charge in [0.15, 0.2) is 0 Å². The summed E-state index contributed by atoms with van der Waals surface area (Å²) in [5.41, 5.74) is 11.2. The number of nitrogens with zero attached hydrogens (tertiary/aromatic N) is 3. The monoisotopic (exact) mass is 446 g/mol. The van der Waals surface area contributed by atoms with Crippen LogP contribution < -0.4 is 5.43 Å². The van der Waals surface area contributed by atoms with E-state index >= 15 is 0 Å². The van der Waals surface area contributed by atoms with Crippen molar-refractivity contribution in [2.75, 3.05) is 20.1 Å². The van der Waals surface area contributed by atoms with Crippen LogP contribution in [0.4, 0.5) is 4.39 Å². The first-order valence-corrected chi connectivity index (χ1v) is 11.7. The number of nitrogens with one attached hydrogen (secondary N) is 1. The smallest absolute Gasteiger partial charge is 0.320 e. The summed E-state index contributed by atoms with van der Waals surface area (Å²) in [6.45, 7) is 1.62. The van der Waals surface area contributed by atoms with E-state index in [1.807, 2.05) is 19.2 Å². The first-order valence-electron chi connectivity index (χ1n) is 11.7. The molecule has 3 aliphatic heterocycles. The van der Waals surface area contributed by atoms with Crippen molar-refractivity contribution in [2.45, 2.75) is 44.2 Å². The number of likely N-dealkylation sites (N-methyl/N-ethyl adjacent to an activating group) is 1. The van der Waals surface area contributed by atoms with E-state index in [0.717, 1.165) is 78.9 Å². The fraction of sp³-hybridized carbons (Fsp3) is 0.385. The van der Waals surface area contributed by atoms with Gasteiger partial charge < -0.3 is 10.0 Å². The fourth-order valence-corrected chi connectivity index (χ4v) is 6.02. The van der Waals surface area contributed by atoms with Crippen LogP contribution in [-0.2, 0) is 4.79 Å². The molecule has 0 spiro atoms. The average Bonchev–Trinajstić information content (AvgIpc) is 3.41. The SMILES string of the molecule is CN1C=C2C(=C(C3=CCC(N4CCC[C@H]4C(=O)O)CC3)C1)NN=C1C=Cc3cc(F)cc2c31. The molecule has 0 radical (unpaired) electrons. The lowest BCUT2D eigenvalue weighted by Gasteiger charge is -2.35. The number of fused-ring (bicyclic) bond motifs is 2. The number of hydrogen-bond acceptors (Lipinski definition) is 5. The van der Waals surface area contributed by atoms with Gasteiger partial charge in [0.1, 0.15) is 11.9 Å². The number of allylic oxidation sites excluding steroid dienone is 2. The zero-order chi connectivity index (χ0) is 22.7. The number of likely N-dealkylation sites (tertiary alicyclic amines) is 1. The summed E-state index contributed by atoms with van der Waals surface area (Å²) in [6, 6.07) is 3.10. The van der Waals surface area contributed by atoms with Crippen molar-refractivity contribution in [1.29, 1.82) is 0 Å². The predicted molar refractivity (Wildman–Crippen MR) is 126 cm³/mol. The van der Waals surface area contributed by atoms with Crippen LogP contribution in [0.2, 0.25) is 0 Å². The van der Waals surface area contributed by atoms with Crippen molar-refractivity contribution in [3.8, 4) is 0 Å². The molecule has 1 aromatic carbocycles. The summed E-state index contributed by atoms with van der Waals surface area (Å²) in [7, 11) is 2.04. The van der Waals surface area contributed by atoms with Crippen LogP contribution >= 0.6 is 0 Å². The minimum Gasteiger partial charge on any atom is -0.480 e. The molecule has 1 unspecified atom stereocenters. The van der Waals surface area contributed by atoms with E-state index in [0.29, 0.717) is 0 Å². The van der Waals surface area contributed by atoms with Gasteiger partial charge in [0.2, 0.25) is 0 Å². The second kappa shape index (κ2) is 7.70. The number of hydrazone groups is 1. The van der Waals surface area contributed by atoms with Gasteiger partial charge in [-0.2, -0.15) is 5.10 Å². The van der Waals surface area contributed by atoms with Crippen LogP contribution in [0.3, 0.4) is 0 Å². The number of halogens is 1. The summed E-state index contributed by atoms with van der Waals surface area (Å²) in [5, 5.41) is 14.2. The Morgan fingerprint density at radius 1 is 1.27 bits per heavy atom. The highest BCUT2D eigenvalue weighted by Crippen LogP contribution is 2.41. The number of carboxylic acid groups (broad SMARTS) is 1. The lowest BCUT2D eigenvalue weighted by molar-refractivity contribution is -0.143. The normalized spacial score (nSPS) is 26.2. The van der Waals surface area contributed by atoms with Crippen LogP contribution in [0.25, 0.3) is 11.6 Å². The van der Waals surface area contributed by atoms with E-state index in [1.165, 1.54) is 11.1 Å². The van der Waals surface area contributed by atoms with Crippen LogP contribution in [0.1, 0.15) is 48.8 Å². The van der Waals surface area contributed by atoms with E-state index < -0.39 is 5.97 Å². The highest BCUT2D eigenvalue weighted by atomic mass is 19.1. The highest BCUT2D eigenvalue weighted by molar-refractivity contribution is 6.20. The Morgan fingerprint density at radius 2 is 2.15 bits per heavy atom. The minimum atomic E-state index is -0.701. The van der Waals surface area contributed by atoms with Crippen molar-refractivity contribution in [3.63, 3.8) is 0 Å². The fourth-order valence-electron chi connectivity index (χ4n) is 6.02. The Balaban J connectivity index is 1.36. The van der Waals surface area contributed by atoms with Crippen LogP contribution in [-0.4, -0.2) is 58.8 Å². The van der Waals surface area contributed by atoms with Gasteiger partial charge in [-0.1, -0.05) is 12.2 Å². The van der Waals surface area contributed by atoms with Gasteiger partial charge in [0.25, 0.3) is 0 Å². The third-order valence-corrected chi connectivity index (χ3v) is 7.54. The maximum atomic E-state index is 14.5. The molecule has 0 amide bonds. The second-order valence-corrected chi connectivity index (χ2v) is 9.56. The van der Waals surface area contributed by atoms with Gasteiger partial charge in [-0.3, -0.25) is 15.1 Å². The molecule has 6 nitrogen and oxygen atoms in total. The molecule has 0 aromatic heterocycles. The van der Waals surface area contributed by atoms with Crippen LogP contribution in [0.15, 0.2) is 52.4 Å². The number of hydrogen-bond donors (Lipinski definition) is 2. The molecule has 1 fully saturated rings. The molecule has 6 rings (SSSR count). The van der Waals surface area contributed by atoms with E-state index in [1.54, 1.807) is 12.1 Å². The molecule has 5 aliphatic rings. The van der Waals surface area contributed by atoms with Gasteiger partial charge in [0, 0.05) is 37.0 Å². The zero-order valence-electron chi connectivity index (χ0n) is 18.6. The van der Waals surface area contributed by atoms with Crippen LogP contribution in [0.5, 0.6) is 0 Å². The third-order valence-electron chi connectivity index (χ3n) is 7.54. The minimum absolute atomic E-state index is 0.245. The summed E-state index contributed by atoms with van der Waals surface area (Å²) < 4.78 is 14.5. The molecule has 170 valence electrons. The molecule has 2 atom stereocenters. The van der Waals surface area contributed by atoms with Crippen molar-refractivity contribution < 1.29 is 14.3 Å². The maximum Gasteiger partial charge on any atom is 0.320 e. The third kappa shape index (κ3) is 3.33. The van der Waals surface area contributed by atoms with Crippen LogP contribution in [0, 0.1) is 5.82 Å². The highest BCUT2D eigenvalue weighted by Gasteiger charge is 2.37. The Kier molecular flexibility index (Phi) is 4.76. The van der Waals surface area contributed by atoms with Crippen molar-refractivity contribution in [1.82, 2.24) is 15.2 Å². The number of rotatable bonds is 3. The predicted octanol–water partition coefficient (Wildman–Crippen LogP) is 3.73. The number of carboxylic acids is 1. The molecular formula is C26H27FN4O2. The molecule has 0 bridgehead atoms. The molecular weight excluding hydrogens is 419 g/mol. The number of carbonyl (C=O) groups is 1. The van der Waals surface area contributed by atoms with Gasteiger partial charge in [0.05, 0.1) is 11.4 Å². The molecule has 3 heterocycles. The Morgan fingerprint density at radius 3 is 2.94 bits per heavy atom. The van der Waals surface area contributed by atoms with Crippen molar-refractivity contribution in [2.24, 2.45) is 5.10 Å². The Hall–Kier alpha value is -3.19. The summed E-state index contributed by atoms with van der Waals surface area (Å²) in [6.07, 6.45) is 12.6. The van der Waals surface area contributed by atoms with Gasteiger partial charge in [-0.25, -0.2) is 4.39 Å². The van der Waals surface area contributed by atoms with Crippen molar-refractivity contribution >= 4 is 23.3 Å². The molecule has 1 saturated heterocycles. The van der Waals surface area contributed by atoms with Gasteiger partial charge >= 0.3 is 5.97 Å². The number of aliphatic carboxylic acids is 1. The first-order chi connectivity index (χ1) is 16.0. The zero-order valence-corrected chi connectivity index (χ0v) is 18.6. The molecule has 1 aromatic rings. The second-order valence-electron chi connectivity index (χ2n) is 9.56. The molecule has 0 saturated carbocycles. The van der Waals surface area contributed by atoms with E-state index in [9.17, 15) is 14.3 Å². The number of benzene rings is 1. The average molecular weight is 447 g/mol. The topological polar surface area (TPSA) is 68.2 Å². The van der Waals surface area contributed by atoms with Gasteiger partial charge in [-0.05, 0) is 79.1 Å². The van der Waals surface area contributed by atoms with E-state index in [-0.39, 0.29) is 17.9 Å². The summed E-state index contributed by atoms with van der Waals surface area (Å²) >= 11 is 0. The lowest BCUT2D eigenvalue weighted by atomic mass is 9.84. The quantitative estimate of drug-likeness (QED) is 0.741. The molecule has 7 heteroatoms. The Labute approximate surface area is 192 Å². The molecule has 2 aliphatic carbocycles. The largest absolute Gasteiger partial charge is 0.480 e. The first kappa shape index (κ1) is 20.4. The van der Waals surface area contributed by atoms with Crippen molar-refractivity contribution in [3.05, 3.63) is 69.8 Å². The van der Waals surface area contributed by atoms with E-state index in [2.05, 4.69) is 32.6 Å². The Bertz CT molecular complexity index is 1210. The summed E-state index contributed by atoms with van der Waals surface area (Å²) in [4.78, 5) is 16.0. The lowest BCUT2D eigenvalue weighted by Crippen LogP contribution is -2.44. The van der Waals surface area contributed by atoms with Gasteiger partial charge in [-0.15, -0.1) is 0 Å². The maximum absolute atomic E-state index is 14.5. The van der Waals surface area contributed by atoms with E-state index in [4.69, 9.17) is 0 Å². The molecule has 33 heavy (non-hydrogen) atoms. The standard InChI is InChI=1S/C26H27FN4O2/c1-30-13-20(15-4-7-18(8-5-15)31-10-2-3-23(31)26(32)33)25-21(14-30)19-12-17(27)11-16-6-9-22(24(16)19)28-29-25/h4,6,9,11-12,14,18,23,29H,2-3,5,7-8,10,13H2,1H3,(H,32,33)/t18?,23-/m0/s1.